The zero-order valence-electron chi connectivity index (χ0n) is 17.4. The lowest BCUT2D eigenvalue weighted by Gasteiger charge is -2.08. The van der Waals surface area contributed by atoms with Gasteiger partial charge in [0.25, 0.3) is 0 Å². The van der Waals surface area contributed by atoms with Gasteiger partial charge in [0.15, 0.2) is 0 Å². The van der Waals surface area contributed by atoms with Gasteiger partial charge in [-0.1, -0.05) is 29.8 Å². The molecule has 3 aromatic carbocycles. The van der Waals surface area contributed by atoms with Crippen LogP contribution >= 0.6 is 0 Å². The maximum absolute atomic E-state index is 14.3. The van der Waals surface area contributed by atoms with Crippen molar-refractivity contribution in [1.82, 2.24) is 5.43 Å². The van der Waals surface area contributed by atoms with Crippen molar-refractivity contribution in [3.8, 4) is 11.5 Å². The number of rotatable bonds is 8. The van der Waals surface area contributed by atoms with Gasteiger partial charge in [-0.25, -0.2) is 5.43 Å². The third kappa shape index (κ3) is 6.14. The van der Waals surface area contributed by atoms with Crippen LogP contribution in [0.3, 0.4) is 0 Å². The highest BCUT2D eigenvalue weighted by Gasteiger charge is 2.16. The Morgan fingerprint density at radius 1 is 1.00 bits per heavy atom. The molecular formula is C23H21FN2O5S. The number of hydrogen-bond donors (Lipinski definition) is 1. The predicted octanol–water partition coefficient (Wildman–Crippen LogP) is 3.76. The number of carbonyl (C=O) groups excluding carboxylic acids is 1. The average Bonchev–Trinajstić information content (AvgIpc) is 2.78. The summed E-state index contributed by atoms with van der Waals surface area (Å²) >= 11 is 0. The van der Waals surface area contributed by atoms with Crippen LogP contribution in [0.5, 0.6) is 11.5 Å². The summed E-state index contributed by atoms with van der Waals surface area (Å²) < 4.78 is 49.1. The van der Waals surface area contributed by atoms with Crippen molar-refractivity contribution in [3.63, 3.8) is 0 Å². The number of methoxy groups -OCH3 is 1. The Labute approximate surface area is 185 Å². The van der Waals surface area contributed by atoms with Gasteiger partial charge in [0.05, 0.1) is 13.5 Å². The largest absolute Gasteiger partial charge is 0.497 e. The van der Waals surface area contributed by atoms with Crippen LogP contribution in [-0.2, 0) is 21.3 Å². The van der Waals surface area contributed by atoms with Crippen molar-refractivity contribution >= 4 is 22.0 Å². The third-order valence-corrected chi connectivity index (χ3v) is 5.65. The summed E-state index contributed by atoms with van der Waals surface area (Å²) in [4.78, 5) is 12.0. The average molecular weight is 456 g/mol. The van der Waals surface area contributed by atoms with Gasteiger partial charge in [0.1, 0.15) is 16.4 Å². The van der Waals surface area contributed by atoms with Gasteiger partial charge in [-0.2, -0.15) is 12.8 Å². The van der Waals surface area contributed by atoms with Crippen LogP contribution in [0.4, 0.5) is 4.39 Å². The Kier molecular flexibility index (Phi) is 7.21. The standard InChI is InChI=1S/C23H21FN2O5S/c1-16-6-12-21(13-7-16)32(28,29)31-19-10-8-18(9-11-19)23(24)26-25-22(27)15-17-4-3-5-20(14-17)30-2/h3-14H,15H2,1-2H3,(H,25,27)/b26-23+. The molecule has 0 radical (unpaired) electrons. The van der Waals surface area contributed by atoms with E-state index < -0.39 is 22.0 Å². The van der Waals surface area contributed by atoms with E-state index in [2.05, 4.69) is 10.5 Å². The van der Waals surface area contributed by atoms with Gasteiger partial charge < -0.3 is 8.92 Å². The fourth-order valence-corrected chi connectivity index (χ4v) is 3.64. The second-order valence-electron chi connectivity index (χ2n) is 6.84. The summed E-state index contributed by atoms with van der Waals surface area (Å²) in [6, 6.07) is 18.3. The molecule has 0 saturated heterocycles. The van der Waals surface area contributed by atoms with Gasteiger partial charge >= 0.3 is 10.1 Å². The van der Waals surface area contributed by atoms with Gasteiger partial charge in [0.2, 0.25) is 11.9 Å². The number of aryl methyl sites for hydroxylation is 1. The summed E-state index contributed by atoms with van der Waals surface area (Å²) in [6.07, 6.45) is -0.00235. The molecule has 0 saturated carbocycles. The summed E-state index contributed by atoms with van der Waals surface area (Å²) in [5, 5.41) is 3.45. The van der Waals surface area contributed by atoms with Crippen molar-refractivity contribution < 1.29 is 26.5 Å². The fraction of sp³-hybridized carbons (Fsp3) is 0.130. The summed E-state index contributed by atoms with van der Waals surface area (Å²) in [7, 11) is -2.49. The number of hydrazone groups is 1. The van der Waals surface area contributed by atoms with Crippen LogP contribution in [-0.4, -0.2) is 27.4 Å². The monoisotopic (exact) mass is 456 g/mol. The minimum Gasteiger partial charge on any atom is -0.497 e. The van der Waals surface area contributed by atoms with Gasteiger partial charge in [-0.3, -0.25) is 4.79 Å². The number of halogens is 1. The van der Waals surface area contributed by atoms with Gasteiger partial charge in [-0.05, 0) is 61.0 Å². The lowest BCUT2D eigenvalue weighted by molar-refractivity contribution is -0.120. The molecule has 0 fully saturated rings. The molecule has 0 aliphatic carbocycles. The highest BCUT2D eigenvalue weighted by atomic mass is 32.2. The zero-order chi connectivity index (χ0) is 23.1. The predicted molar refractivity (Wildman–Crippen MR) is 118 cm³/mol. The number of ether oxygens (including phenoxy) is 1. The number of carbonyl (C=O) groups is 1. The van der Waals surface area contributed by atoms with Crippen LogP contribution in [0, 0.1) is 6.92 Å². The molecule has 0 aromatic heterocycles. The zero-order valence-corrected chi connectivity index (χ0v) is 18.2. The quantitative estimate of drug-likeness (QED) is 0.316. The highest BCUT2D eigenvalue weighted by molar-refractivity contribution is 7.87. The topological polar surface area (TPSA) is 94.1 Å². The lowest BCUT2D eigenvalue weighted by atomic mass is 10.1. The number of amides is 1. The van der Waals surface area contributed by atoms with E-state index in [1.807, 2.05) is 6.92 Å². The lowest BCUT2D eigenvalue weighted by Crippen LogP contribution is -2.21. The normalized spacial score (nSPS) is 11.7. The molecule has 166 valence electrons. The molecule has 0 aliphatic rings. The van der Waals surface area contributed by atoms with Crippen molar-refractivity contribution in [1.29, 1.82) is 0 Å². The van der Waals surface area contributed by atoms with E-state index in [-0.39, 0.29) is 22.6 Å². The van der Waals surface area contributed by atoms with Crippen LogP contribution in [0.25, 0.3) is 0 Å². The molecule has 0 heterocycles. The number of benzene rings is 3. The van der Waals surface area contributed by atoms with Gasteiger partial charge in [0, 0.05) is 5.56 Å². The van der Waals surface area contributed by atoms with E-state index in [1.54, 1.807) is 36.4 Å². The van der Waals surface area contributed by atoms with Gasteiger partial charge in [-0.15, -0.1) is 5.10 Å². The third-order valence-electron chi connectivity index (χ3n) is 4.39. The van der Waals surface area contributed by atoms with E-state index in [0.717, 1.165) is 5.56 Å². The minimum absolute atomic E-state index is 0.00235. The van der Waals surface area contributed by atoms with E-state index in [4.69, 9.17) is 8.92 Å². The molecule has 0 bridgehead atoms. The first-order valence-corrected chi connectivity index (χ1v) is 10.9. The van der Waals surface area contributed by atoms with Crippen molar-refractivity contribution in [2.75, 3.05) is 7.11 Å². The molecule has 1 N–H and O–H groups in total. The Balaban J connectivity index is 1.61. The van der Waals surface area contributed by atoms with Crippen molar-refractivity contribution in [2.45, 2.75) is 18.2 Å². The van der Waals surface area contributed by atoms with Crippen LogP contribution in [0.15, 0.2) is 82.8 Å². The Hall–Kier alpha value is -3.72. The molecule has 9 heteroatoms. The Bertz CT molecular complexity index is 1220. The summed E-state index contributed by atoms with van der Waals surface area (Å²) in [6.45, 7) is 1.84. The molecule has 1 amide bonds. The maximum Gasteiger partial charge on any atom is 0.339 e. The molecule has 0 atom stereocenters. The maximum atomic E-state index is 14.3. The Morgan fingerprint density at radius 2 is 1.69 bits per heavy atom. The minimum atomic E-state index is -4.01. The van der Waals surface area contributed by atoms with Crippen LogP contribution < -0.4 is 14.3 Å². The first kappa shape index (κ1) is 23.0. The molecule has 0 unspecified atom stereocenters. The SMILES string of the molecule is COc1cccc(CC(=O)N/N=C(/F)c2ccc(OS(=O)(=O)c3ccc(C)cc3)cc2)c1. The Morgan fingerprint density at radius 3 is 2.34 bits per heavy atom. The molecule has 3 rings (SSSR count). The van der Waals surface area contributed by atoms with E-state index >= 15 is 0 Å². The van der Waals surface area contributed by atoms with E-state index in [1.165, 1.54) is 43.5 Å². The first-order valence-electron chi connectivity index (χ1n) is 9.53. The molecule has 3 aromatic rings. The fourth-order valence-electron chi connectivity index (χ4n) is 2.71. The second-order valence-corrected chi connectivity index (χ2v) is 8.39. The first-order chi connectivity index (χ1) is 15.3. The molecular weight excluding hydrogens is 435 g/mol. The summed E-state index contributed by atoms with van der Waals surface area (Å²) in [5.41, 5.74) is 3.80. The highest BCUT2D eigenvalue weighted by Crippen LogP contribution is 2.20. The molecule has 0 aliphatic heterocycles. The number of nitrogens with one attached hydrogen (secondary N) is 1. The number of nitrogens with zero attached hydrogens (tertiary/aromatic N) is 1. The summed E-state index contributed by atoms with van der Waals surface area (Å²) in [5.74, 6) is -0.810. The van der Waals surface area contributed by atoms with E-state index in [9.17, 15) is 17.6 Å². The smallest absolute Gasteiger partial charge is 0.339 e. The molecule has 7 nitrogen and oxygen atoms in total. The van der Waals surface area contributed by atoms with Crippen molar-refractivity contribution in [3.05, 3.63) is 89.5 Å². The van der Waals surface area contributed by atoms with Crippen LogP contribution in [0.1, 0.15) is 16.7 Å². The van der Waals surface area contributed by atoms with Crippen molar-refractivity contribution in [2.24, 2.45) is 5.10 Å². The molecule has 0 spiro atoms. The molecule has 32 heavy (non-hydrogen) atoms. The van der Waals surface area contributed by atoms with E-state index in [0.29, 0.717) is 11.3 Å². The second kappa shape index (κ2) is 10.1. The number of hydrogen-bond acceptors (Lipinski definition) is 6. The van der Waals surface area contributed by atoms with Crippen LogP contribution in [0.2, 0.25) is 0 Å².